The van der Waals surface area contributed by atoms with Gasteiger partial charge in [-0.25, -0.2) is 0 Å². The molecule has 1 aliphatic rings. The minimum Gasteiger partial charge on any atom is -0.394 e. The van der Waals surface area contributed by atoms with Crippen LogP contribution in [-0.4, -0.2) is 40.1 Å². The first-order valence-corrected chi connectivity index (χ1v) is 5.77. The molecule has 1 fully saturated rings. The molecule has 5 heteroatoms. The summed E-state index contributed by atoms with van der Waals surface area (Å²) in [4.78, 5) is 16.6. The average Bonchev–Trinajstić information content (AvgIpc) is 2.84. The Kier molecular flexibility index (Phi) is 3.11. The van der Waals surface area contributed by atoms with Gasteiger partial charge in [-0.3, -0.25) is 4.79 Å². The molecule has 0 saturated carbocycles. The fourth-order valence-electron chi connectivity index (χ4n) is 1.94. The van der Waals surface area contributed by atoms with Crippen LogP contribution in [0.25, 0.3) is 0 Å². The van der Waals surface area contributed by atoms with E-state index in [9.17, 15) is 4.79 Å². The molecule has 2 heterocycles. The second-order valence-corrected chi connectivity index (χ2v) is 4.62. The van der Waals surface area contributed by atoms with Crippen LogP contribution < -0.4 is 0 Å². The second kappa shape index (κ2) is 4.37. The fourth-order valence-corrected chi connectivity index (χ4v) is 2.28. The lowest BCUT2D eigenvalue weighted by atomic mass is 10.2. The summed E-state index contributed by atoms with van der Waals surface area (Å²) < 4.78 is 0.866. The van der Waals surface area contributed by atoms with E-state index >= 15 is 0 Å². The number of aliphatic hydroxyl groups is 1. The van der Waals surface area contributed by atoms with Crippen LogP contribution in [0.1, 0.15) is 23.3 Å². The Morgan fingerprint density at radius 3 is 3.13 bits per heavy atom. The molecule has 1 aliphatic heterocycles. The lowest BCUT2D eigenvalue weighted by Gasteiger charge is -2.22. The maximum atomic E-state index is 12.0. The quantitative estimate of drug-likeness (QED) is 0.855. The molecule has 0 bridgehead atoms. The zero-order chi connectivity index (χ0) is 10.8. The van der Waals surface area contributed by atoms with E-state index in [4.69, 9.17) is 5.11 Å². The molecule has 4 nitrogen and oxygen atoms in total. The van der Waals surface area contributed by atoms with Gasteiger partial charge in [-0.2, -0.15) is 0 Å². The zero-order valence-corrected chi connectivity index (χ0v) is 9.83. The van der Waals surface area contributed by atoms with Crippen molar-refractivity contribution in [2.24, 2.45) is 0 Å². The molecule has 0 radical (unpaired) electrons. The van der Waals surface area contributed by atoms with Crippen molar-refractivity contribution in [2.45, 2.75) is 18.9 Å². The van der Waals surface area contributed by atoms with E-state index in [-0.39, 0.29) is 18.6 Å². The summed E-state index contributed by atoms with van der Waals surface area (Å²) in [7, 11) is 0. The van der Waals surface area contributed by atoms with E-state index in [2.05, 4.69) is 20.9 Å². The third-order valence-corrected chi connectivity index (χ3v) is 3.18. The van der Waals surface area contributed by atoms with E-state index in [1.807, 2.05) is 0 Å². The first kappa shape index (κ1) is 10.7. The van der Waals surface area contributed by atoms with Gasteiger partial charge in [-0.15, -0.1) is 0 Å². The van der Waals surface area contributed by atoms with Gasteiger partial charge in [0.25, 0.3) is 5.91 Å². The minimum absolute atomic E-state index is 0.0143. The Labute approximate surface area is 96.4 Å². The van der Waals surface area contributed by atoms with Gasteiger partial charge in [0, 0.05) is 17.2 Å². The number of hydrogen-bond donors (Lipinski definition) is 2. The number of carbonyl (C=O) groups is 1. The van der Waals surface area contributed by atoms with Crippen molar-refractivity contribution in [3.8, 4) is 0 Å². The molecule has 1 saturated heterocycles. The van der Waals surface area contributed by atoms with Gasteiger partial charge < -0.3 is 15.0 Å². The minimum atomic E-state index is -0.0303. The van der Waals surface area contributed by atoms with Crippen LogP contribution in [0.3, 0.4) is 0 Å². The smallest absolute Gasteiger partial charge is 0.270 e. The molecular formula is C10H13BrN2O2. The molecule has 1 atom stereocenters. The fraction of sp³-hybridized carbons (Fsp3) is 0.500. The third kappa shape index (κ3) is 2.08. The van der Waals surface area contributed by atoms with Gasteiger partial charge in [-0.05, 0) is 34.8 Å². The number of rotatable bonds is 2. The number of hydrogen-bond acceptors (Lipinski definition) is 2. The van der Waals surface area contributed by atoms with Crippen LogP contribution in [0.4, 0.5) is 0 Å². The van der Waals surface area contributed by atoms with Crippen molar-refractivity contribution in [1.29, 1.82) is 0 Å². The average molecular weight is 273 g/mol. The van der Waals surface area contributed by atoms with Gasteiger partial charge in [-0.1, -0.05) is 0 Å². The highest BCUT2D eigenvalue weighted by atomic mass is 79.9. The lowest BCUT2D eigenvalue weighted by Crippen LogP contribution is -2.37. The first-order chi connectivity index (χ1) is 7.22. The number of aromatic amines is 1. The standard InChI is InChI=1S/C10H13BrN2O2/c11-7-4-9(12-5-7)10(15)13-3-1-2-8(13)6-14/h4-5,8,12,14H,1-3,6H2/t8-/m0/s1. The van der Waals surface area contributed by atoms with Gasteiger partial charge in [0.2, 0.25) is 0 Å². The Bertz CT molecular complexity index is 364. The Balaban J connectivity index is 2.13. The summed E-state index contributed by atoms with van der Waals surface area (Å²) in [5.41, 5.74) is 0.572. The predicted octanol–water partition coefficient (Wildman–Crippen LogP) is 1.37. The van der Waals surface area contributed by atoms with Crippen molar-refractivity contribution in [2.75, 3.05) is 13.2 Å². The number of carbonyl (C=O) groups excluding carboxylic acids is 1. The summed E-state index contributed by atoms with van der Waals surface area (Å²) in [6.07, 6.45) is 3.60. The molecule has 2 N–H and O–H groups in total. The van der Waals surface area contributed by atoms with E-state index < -0.39 is 0 Å². The topological polar surface area (TPSA) is 56.3 Å². The van der Waals surface area contributed by atoms with Crippen LogP contribution in [0.2, 0.25) is 0 Å². The summed E-state index contributed by atoms with van der Waals surface area (Å²) in [5.74, 6) is -0.0303. The van der Waals surface area contributed by atoms with E-state index in [1.165, 1.54) is 0 Å². The molecular weight excluding hydrogens is 260 g/mol. The molecule has 0 unspecified atom stereocenters. The lowest BCUT2D eigenvalue weighted by molar-refractivity contribution is 0.0672. The molecule has 1 aromatic rings. The maximum Gasteiger partial charge on any atom is 0.270 e. The third-order valence-electron chi connectivity index (χ3n) is 2.73. The number of aromatic nitrogens is 1. The van der Waals surface area contributed by atoms with Crippen molar-refractivity contribution >= 4 is 21.8 Å². The Morgan fingerprint density at radius 2 is 2.53 bits per heavy atom. The molecule has 0 aliphatic carbocycles. The summed E-state index contributed by atoms with van der Waals surface area (Å²) in [6.45, 7) is 0.786. The summed E-state index contributed by atoms with van der Waals surface area (Å²) in [5, 5.41) is 9.12. The molecule has 0 spiro atoms. The van der Waals surface area contributed by atoms with Crippen LogP contribution >= 0.6 is 15.9 Å². The number of amides is 1. The predicted molar refractivity (Wildman–Crippen MR) is 59.6 cm³/mol. The van der Waals surface area contributed by atoms with E-state index in [0.717, 1.165) is 23.9 Å². The number of nitrogens with one attached hydrogen (secondary N) is 1. The molecule has 1 amide bonds. The zero-order valence-electron chi connectivity index (χ0n) is 8.24. The number of nitrogens with zero attached hydrogens (tertiary/aromatic N) is 1. The highest BCUT2D eigenvalue weighted by Crippen LogP contribution is 2.20. The SMILES string of the molecule is O=C(c1cc(Br)c[nH]1)N1CCC[C@H]1CO. The van der Waals surface area contributed by atoms with E-state index in [1.54, 1.807) is 17.2 Å². The highest BCUT2D eigenvalue weighted by molar-refractivity contribution is 9.10. The summed E-state index contributed by atoms with van der Waals surface area (Å²) >= 11 is 3.29. The highest BCUT2D eigenvalue weighted by Gasteiger charge is 2.29. The molecule has 82 valence electrons. The summed E-state index contributed by atoms with van der Waals surface area (Å²) in [6, 6.07) is 1.74. The monoisotopic (exact) mass is 272 g/mol. The number of halogens is 1. The normalized spacial score (nSPS) is 20.9. The molecule has 0 aromatic carbocycles. The van der Waals surface area contributed by atoms with Gasteiger partial charge in [0.15, 0.2) is 0 Å². The Morgan fingerprint density at radius 1 is 1.73 bits per heavy atom. The van der Waals surface area contributed by atoms with Crippen molar-refractivity contribution < 1.29 is 9.90 Å². The number of aliphatic hydroxyl groups excluding tert-OH is 1. The van der Waals surface area contributed by atoms with Gasteiger partial charge in [0.05, 0.1) is 12.6 Å². The molecule has 2 rings (SSSR count). The van der Waals surface area contributed by atoms with Gasteiger partial charge in [0.1, 0.15) is 5.69 Å². The largest absolute Gasteiger partial charge is 0.394 e. The van der Waals surface area contributed by atoms with Gasteiger partial charge >= 0.3 is 0 Å². The van der Waals surface area contributed by atoms with Crippen molar-refractivity contribution in [3.63, 3.8) is 0 Å². The molecule has 1 aromatic heterocycles. The second-order valence-electron chi connectivity index (χ2n) is 3.71. The molecule has 15 heavy (non-hydrogen) atoms. The van der Waals surface area contributed by atoms with Crippen LogP contribution in [0, 0.1) is 0 Å². The number of H-pyrrole nitrogens is 1. The maximum absolute atomic E-state index is 12.0. The first-order valence-electron chi connectivity index (χ1n) is 4.98. The van der Waals surface area contributed by atoms with E-state index in [0.29, 0.717) is 5.69 Å². The number of likely N-dealkylation sites (tertiary alicyclic amines) is 1. The van der Waals surface area contributed by atoms with Crippen LogP contribution in [0.5, 0.6) is 0 Å². The van der Waals surface area contributed by atoms with Crippen molar-refractivity contribution in [1.82, 2.24) is 9.88 Å². The Hall–Kier alpha value is -0.810. The van der Waals surface area contributed by atoms with Crippen LogP contribution in [0.15, 0.2) is 16.7 Å². The van der Waals surface area contributed by atoms with Crippen LogP contribution in [-0.2, 0) is 0 Å². The van der Waals surface area contributed by atoms with Crippen molar-refractivity contribution in [3.05, 3.63) is 22.4 Å².